The molecule has 1 N–H and O–H groups in total. The van der Waals surface area contributed by atoms with E-state index in [4.69, 9.17) is 5.11 Å². The van der Waals surface area contributed by atoms with E-state index in [0.717, 1.165) is 38.8 Å². The van der Waals surface area contributed by atoms with Crippen molar-refractivity contribution in [3.8, 4) is 0 Å². The molecule has 7 nitrogen and oxygen atoms in total. The standard InChI is InChI=1S/C18H29N3O4/c1-13(17(23)24)12-21(15-4-5-15)16(22)14-6-10-20(11-7-14)18(25)19-8-2-3-9-19/h13-15H,2-12H2,1H3,(H,23,24). The number of aliphatic carboxylic acids is 1. The van der Waals surface area contributed by atoms with Crippen LogP contribution >= 0.6 is 0 Å². The van der Waals surface area contributed by atoms with E-state index in [-0.39, 0.29) is 23.9 Å². The lowest BCUT2D eigenvalue weighted by Gasteiger charge is -2.36. The molecular formula is C18H29N3O4. The van der Waals surface area contributed by atoms with E-state index in [0.29, 0.717) is 32.5 Å². The zero-order valence-electron chi connectivity index (χ0n) is 15.0. The molecule has 0 spiro atoms. The van der Waals surface area contributed by atoms with Crippen LogP contribution in [0.15, 0.2) is 0 Å². The predicted molar refractivity (Wildman–Crippen MR) is 92.0 cm³/mol. The van der Waals surface area contributed by atoms with E-state index in [2.05, 4.69) is 0 Å². The van der Waals surface area contributed by atoms with Crippen LogP contribution in [0.25, 0.3) is 0 Å². The van der Waals surface area contributed by atoms with Crippen LogP contribution in [0.1, 0.15) is 45.4 Å². The third kappa shape index (κ3) is 4.25. The summed E-state index contributed by atoms with van der Waals surface area (Å²) in [5.41, 5.74) is 0. The smallest absolute Gasteiger partial charge is 0.319 e. The fourth-order valence-electron chi connectivity index (χ4n) is 3.84. The first-order valence-corrected chi connectivity index (χ1v) is 9.54. The summed E-state index contributed by atoms with van der Waals surface area (Å²) in [6.07, 6.45) is 5.48. The number of likely N-dealkylation sites (tertiary alicyclic amines) is 2. The van der Waals surface area contributed by atoms with Gasteiger partial charge in [-0.05, 0) is 38.5 Å². The first-order valence-electron chi connectivity index (χ1n) is 9.54. The minimum atomic E-state index is -0.857. The second kappa shape index (κ2) is 7.62. The zero-order valence-corrected chi connectivity index (χ0v) is 15.0. The van der Waals surface area contributed by atoms with Crippen molar-refractivity contribution >= 4 is 17.9 Å². The Labute approximate surface area is 148 Å². The third-order valence-electron chi connectivity index (χ3n) is 5.65. The van der Waals surface area contributed by atoms with Crippen molar-refractivity contribution in [3.05, 3.63) is 0 Å². The molecule has 0 aromatic rings. The van der Waals surface area contributed by atoms with E-state index < -0.39 is 11.9 Å². The first kappa shape index (κ1) is 18.0. The Kier molecular flexibility index (Phi) is 5.49. The van der Waals surface area contributed by atoms with Gasteiger partial charge in [0.1, 0.15) is 0 Å². The van der Waals surface area contributed by atoms with Crippen molar-refractivity contribution in [3.63, 3.8) is 0 Å². The molecule has 0 aromatic carbocycles. The highest BCUT2D eigenvalue weighted by Crippen LogP contribution is 2.31. The molecule has 1 saturated carbocycles. The van der Waals surface area contributed by atoms with Crippen LogP contribution in [-0.4, -0.2) is 76.5 Å². The number of hydrogen-bond donors (Lipinski definition) is 1. The van der Waals surface area contributed by atoms with E-state index in [1.54, 1.807) is 11.8 Å². The van der Waals surface area contributed by atoms with Gasteiger partial charge < -0.3 is 19.8 Å². The highest BCUT2D eigenvalue weighted by molar-refractivity contribution is 5.81. The molecule has 2 saturated heterocycles. The monoisotopic (exact) mass is 351 g/mol. The number of carboxylic acid groups (broad SMARTS) is 1. The molecule has 0 radical (unpaired) electrons. The second-order valence-corrected chi connectivity index (χ2v) is 7.70. The van der Waals surface area contributed by atoms with Crippen LogP contribution in [0.2, 0.25) is 0 Å². The number of urea groups is 1. The van der Waals surface area contributed by atoms with Crippen LogP contribution in [0.5, 0.6) is 0 Å². The van der Waals surface area contributed by atoms with Crippen molar-refractivity contribution in [2.45, 2.75) is 51.5 Å². The van der Waals surface area contributed by atoms with Gasteiger partial charge in [0, 0.05) is 44.7 Å². The Hall–Kier alpha value is -1.79. The topological polar surface area (TPSA) is 81.2 Å². The van der Waals surface area contributed by atoms with E-state index >= 15 is 0 Å². The number of nitrogens with zero attached hydrogens (tertiary/aromatic N) is 3. The summed E-state index contributed by atoms with van der Waals surface area (Å²) < 4.78 is 0. The van der Waals surface area contributed by atoms with Gasteiger partial charge in [-0.15, -0.1) is 0 Å². The number of hydrogen-bond acceptors (Lipinski definition) is 3. The van der Waals surface area contributed by atoms with Crippen LogP contribution < -0.4 is 0 Å². The molecule has 25 heavy (non-hydrogen) atoms. The largest absolute Gasteiger partial charge is 0.481 e. The average molecular weight is 351 g/mol. The molecular weight excluding hydrogens is 322 g/mol. The fraction of sp³-hybridized carbons (Fsp3) is 0.833. The Morgan fingerprint density at radius 3 is 2.08 bits per heavy atom. The van der Waals surface area contributed by atoms with Gasteiger partial charge in [0.2, 0.25) is 5.91 Å². The van der Waals surface area contributed by atoms with E-state index in [1.165, 1.54) is 0 Å². The molecule has 1 atom stereocenters. The Bertz CT molecular complexity index is 520. The molecule has 0 aromatic heterocycles. The summed E-state index contributed by atoms with van der Waals surface area (Å²) in [5.74, 6) is -1.39. The van der Waals surface area contributed by atoms with Crippen molar-refractivity contribution in [1.82, 2.24) is 14.7 Å². The highest BCUT2D eigenvalue weighted by Gasteiger charge is 2.39. The molecule has 3 fully saturated rings. The number of rotatable bonds is 5. The van der Waals surface area contributed by atoms with Gasteiger partial charge in [0.25, 0.3) is 0 Å². The number of amides is 3. The van der Waals surface area contributed by atoms with Gasteiger partial charge in [0.15, 0.2) is 0 Å². The minimum Gasteiger partial charge on any atom is -0.481 e. The van der Waals surface area contributed by atoms with Gasteiger partial charge in [0.05, 0.1) is 5.92 Å². The summed E-state index contributed by atoms with van der Waals surface area (Å²) in [6, 6.07) is 0.334. The molecule has 2 heterocycles. The molecule has 1 unspecified atom stereocenters. The molecule has 3 amide bonds. The number of carbonyl (C=O) groups is 3. The Morgan fingerprint density at radius 2 is 1.56 bits per heavy atom. The lowest BCUT2D eigenvalue weighted by molar-refractivity contribution is -0.144. The summed E-state index contributed by atoms with van der Waals surface area (Å²) in [6.45, 7) is 4.89. The van der Waals surface area contributed by atoms with Gasteiger partial charge in [-0.1, -0.05) is 6.92 Å². The van der Waals surface area contributed by atoms with Gasteiger partial charge in [-0.3, -0.25) is 9.59 Å². The van der Waals surface area contributed by atoms with Gasteiger partial charge >= 0.3 is 12.0 Å². The van der Waals surface area contributed by atoms with Crippen LogP contribution in [0, 0.1) is 11.8 Å². The maximum atomic E-state index is 12.9. The van der Waals surface area contributed by atoms with Gasteiger partial charge in [-0.25, -0.2) is 4.79 Å². The van der Waals surface area contributed by atoms with E-state index in [1.807, 2.05) is 9.80 Å². The zero-order chi connectivity index (χ0) is 18.0. The van der Waals surface area contributed by atoms with Crippen molar-refractivity contribution in [2.24, 2.45) is 11.8 Å². The molecule has 140 valence electrons. The molecule has 0 bridgehead atoms. The lowest BCUT2D eigenvalue weighted by Crippen LogP contribution is -2.49. The fourth-order valence-corrected chi connectivity index (χ4v) is 3.84. The lowest BCUT2D eigenvalue weighted by atomic mass is 9.94. The van der Waals surface area contributed by atoms with E-state index in [9.17, 15) is 14.4 Å². The molecule has 7 heteroatoms. The first-order chi connectivity index (χ1) is 12.0. The quantitative estimate of drug-likeness (QED) is 0.816. The Morgan fingerprint density at radius 1 is 1.00 bits per heavy atom. The molecule has 1 aliphatic carbocycles. The van der Waals surface area contributed by atoms with Crippen LogP contribution in [-0.2, 0) is 9.59 Å². The highest BCUT2D eigenvalue weighted by atomic mass is 16.4. The maximum absolute atomic E-state index is 12.9. The molecule has 3 aliphatic rings. The number of carbonyl (C=O) groups excluding carboxylic acids is 2. The normalized spacial score (nSPS) is 22.8. The summed E-state index contributed by atoms with van der Waals surface area (Å²) in [7, 11) is 0. The summed E-state index contributed by atoms with van der Waals surface area (Å²) in [5, 5.41) is 9.14. The van der Waals surface area contributed by atoms with Crippen molar-refractivity contribution < 1.29 is 19.5 Å². The van der Waals surface area contributed by atoms with Crippen molar-refractivity contribution in [1.29, 1.82) is 0 Å². The summed E-state index contributed by atoms with van der Waals surface area (Å²) in [4.78, 5) is 42.0. The van der Waals surface area contributed by atoms with Crippen LogP contribution in [0.3, 0.4) is 0 Å². The predicted octanol–water partition coefficient (Wildman–Crippen LogP) is 1.63. The van der Waals surface area contributed by atoms with Crippen molar-refractivity contribution in [2.75, 3.05) is 32.7 Å². The third-order valence-corrected chi connectivity index (χ3v) is 5.65. The maximum Gasteiger partial charge on any atom is 0.319 e. The number of carboxylic acids is 1. The SMILES string of the molecule is CC(CN(C(=O)C1CCN(C(=O)N2CCCC2)CC1)C1CC1)C(=O)O. The minimum absolute atomic E-state index is 0.0794. The molecule has 2 aliphatic heterocycles. The average Bonchev–Trinajstić information content (AvgIpc) is 3.31. The van der Waals surface area contributed by atoms with Gasteiger partial charge in [-0.2, -0.15) is 0 Å². The number of piperidine rings is 1. The summed E-state index contributed by atoms with van der Waals surface area (Å²) >= 11 is 0. The molecule has 3 rings (SSSR count). The second-order valence-electron chi connectivity index (χ2n) is 7.70. The Balaban J connectivity index is 1.53. The van der Waals surface area contributed by atoms with Crippen LogP contribution in [0.4, 0.5) is 4.79 Å².